The van der Waals surface area contributed by atoms with Crippen LogP contribution in [0.2, 0.25) is 10.0 Å². The van der Waals surface area contributed by atoms with Crippen molar-refractivity contribution in [3.63, 3.8) is 0 Å². The van der Waals surface area contributed by atoms with Gasteiger partial charge in [0.25, 0.3) is 0 Å². The molecule has 0 saturated carbocycles. The van der Waals surface area contributed by atoms with Gasteiger partial charge in [0, 0.05) is 37.1 Å². The van der Waals surface area contributed by atoms with E-state index < -0.39 is 0 Å². The molecule has 0 radical (unpaired) electrons. The lowest BCUT2D eigenvalue weighted by Crippen LogP contribution is -2.39. The fraction of sp³-hybridized carbons (Fsp3) is 0.333. The van der Waals surface area contributed by atoms with Crippen molar-refractivity contribution in [2.75, 3.05) is 18.5 Å². The van der Waals surface area contributed by atoms with Gasteiger partial charge in [-0.2, -0.15) is 0 Å². The highest BCUT2D eigenvalue weighted by Crippen LogP contribution is 2.26. The first-order valence-electron chi connectivity index (χ1n) is 8.13. The van der Waals surface area contributed by atoms with Crippen LogP contribution in [0.5, 0.6) is 0 Å². The van der Waals surface area contributed by atoms with Gasteiger partial charge in [0.2, 0.25) is 0 Å². The number of nitrogens with zero attached hydrogens (tertiary/aromatic N) is 2. The fourth-order valence-corrected chi connectivity index (χ4v) is 3.09. The van der Waals surface area contributed by atoms with Crippen molar-refractivity contribution in [1.29, 1.82) is 0 Å². The summed E-state index contributed by atoms with van der Waals surface area (Å²) in [5.74, 6) is 0. The van der Waals surface area contributed by atoms with Crippen LogP contribution in [0, 0.1) is 0 Å². The molecular formula is C18H19Cl2N3O2. The monoisotopic (exact) mass is 379 g/mol. The molecule has 1 aliphatic heterocycles. The van der Waals surface area contributed by atoms with E-state index in [4.69, 9.17) is 27.9 Å². The van der Waals surface area contributed by atoms with Crippen molar-refractivity contribution in [2.45, 2.75) is 25.5 Å². The molecule has 1 unspecified atom stereocenters. The third-order valence-electron chi connectivity index (χ3n) is 4.03. The number of hydrogen-bond acceptors (Lipinski definition) is 3. The number of rotatable bonds is 5. The molecular weight excluding hydrogens is 361 g/mol. The highest BCUT2D eigenvalue weighted by molar-refractivity contribution is 6.35. The minimum absolute atomic E-state index is 0.0578. The van der Waals surface area contributed by atoms with Gasteiger partial charge in [-0.1, -0.05) is 23.2 Å². The Morgan fingerprint density at radius 3 is 2.80 bits per heavy atom. The quantitative estimate of drug-likeness (QED) is 0.825. The van der Waals surface area contributed by atoms with Crippen LogP contribution in [0.3, 0.4) is 0 Å². The maximum atomic E-state index is 12.8. The number of carbonyl (C=O) groups excluding carboxylic acids is 1. The topological polar surface area (TPSA) is 54.5 Å². The lowest BCUT2D eigenvalue weighted by Gasteiger charge is -2.26. The molecule has 132 valence electrons. The number of amides is 2. The van der Waals surface area contributed by atoms with Crippen molar-refractivity contribution in [3.05, 3.63) is 58.3 Å². The second-order valence-electron chi connectivity index (χ2n) is 5.93. The number of urea groups is 1. The van der Waals surface area contributed by atoms with Crippen LogP contribution in [0.25, 0.3) is 0 Å². The number of pyridine rings is 1. The average Bonchev–Trinajstić information content (AvgIpc) is 3.11. The van der Waals surface area contributed by atoms with Gasteiger partial charge < -0.3 is 15.0 Å². The average molecular weight is 380 g/mol. The number of halogens is 2. The molecule has 1 fully saturated rings. The lowest BCUT2D eigenvalue weighted by atomic mass is 10.2. The van der Waals surface area contributed by atoms with Crippen molar-refractivity contribution >= 4 is 34.9 Å². The molecule has 0 bridgehead atoms. The first-order valence-corrected chi connectivity index (χ1v) is 8.89. The Labute approximate surface area is 156 Å². The number of benzene rings is 1. The summed E-state index contributed by atoms with van der Waals surface area (Å²) >= 11 is 12.1. The molecule has 0 aliphatic carbocycles. The van der Waals surface area contributed by atoms with Crippen LogP contribution in [0.15, 0.2) is 42.7 Å². The molecule has 5 nitrogen and oxygen atoms in total. The highest BCUT2D eigenvalue weighted by atomic mass is 35.5. The van der Waals surface area contributed by atoms with Crippen LogP contribution in [0.4, 0.5) is 10.5 Å². The number of hydrogen-bond donors (Lipinski definition) is 1. The van der Waals surface area contributed by atoms with Crippen LogP contribution in [-0.4, -0.2) is 35.2 Å². The molecule has 7 heteroatoms. The normalized spacial score (nSPS) is 16.6. The Morgan fingerprint density at radius 1 is 1.28 bits per heavy atom. The maximum Gasteiger partial charge on any atom is 0.322 e. The zero-order valence-corrected chi connectivity index (χ0v) is 15.1. The molecule has 2 aromatic rings. The Kier molecular flexibility index (Phi) is 6.13. The minimum Gasteiger partial charge on any atom is -0.376 e. The lowest BCUT2D eigenvalue weighted by molar-refractivity contribution is 0.0819. The van der Waals surface area contributed by atoms with Crippen molar-refractivity contribution in [3.8, 4) is 0 Å². The fourth-order valence-electron chi connectivity index (χ4n) is 2.75. The van der Waals surface area contributed by atoms with Crippen molar-refractivity contribution < 1.29 is 9.53 Å². The Bertz CT molecular complexity index is 722. The summed E-state index contributed by atoms with van der Waals surface area (Å²) in [6.07, 6.45) is 5.46. The first-order chi connectivity index (χ1) is 12.1. The number of nitrogens with one attached hydrogen (secondary N) is 1. The predicted molar refractivity (Wildman–Crippen MR) is 99.1 cm³/mol. The molecule has 1 aliphatic rings. The molecule has 1 saturated heterocycles. The second kappa shape index (κ2) is 8.52. The highest BCUT2D eigenvalue weighted by Gasteiger charge is 2.23. The molecule has 1 atom stereocenters. The molecule has 25 heavy (non-hydrogen) atoms. The van der Waals surface area contributed by atoms with Gasteiger partial charge in [-0.3, -0.25) is 4.98 Å². The standard InChI is InChI=1S/C18H19Cl2N3O2/c19-14-3-4-16(20)17(10-14)22-18(24)23(12-15-2-1-9-25-15)11-13-5-7-21-8-6-13/h3-8,10,15H,1-2,9,11-12H2,(H,22,24). The number of ether oxygens (including phenoxy) is 1. The summed E-state index contributed by atoms with van der Waals surface area (Å²) in [4.78, 5) is 18.5. The van der Waals surface area contributed by atoms with Gasteiger partial charge in [-0.25, -0.2) is 4.79 Å². The zero-order valence-electron chi connectivity index (χ0n) is 13.6. The zero-order chi connectivity index (χ0) is 17.6. The number of carbonyl (C=O) groups is 1. The van der Waals surface area contributed by atoms with E-state index in [1.54, 1.807) is 35.5 Å². The molecule has 1 aromatic carbocycles. The first kappa shape index (κ1) is 18.0. The third-order valence-corrected chi connectivity index (χ3v) is 4.59. The largest absolute Gasteiger partial charge is 0.376 e. The minimum atomic E-state index is -0.239. The van der Waals surface area contributed by atoms with E-state index in [2.05, 4.69) is 10.3 Å². The Balaban J connectivity index is 1.74. The molecule has 2 amide bonds. The molecule has 1 N–H and O–H groups in total. The second-order valence-corrected chi connectivity index (χ2v) is 6.77. The van der Waals surface area contributed by atoms with Crippen LogP contribution in [0.1, 0.15) is 18.4 Å². The SMILES string of the molecule is O=C(Nc1cc(Cl)ccc1Cl)N(Cc1ccncc1)CC1CCCO1. The van der Waals surface area contributed by atoms with E-state index in [0.29, 0.717) is 28.8 Å². The van der Waals surface area contributed by atoms with Crippen molar-refractivity contribution in [2.24, 2.45) is 0 Å². The number of aromatic nitrogens is 1. The smallest absolute Gasteiger partial charge is 0.322 e. The summed E-state index contributed by atoms with van der Waals surface area (Å²) in [5.41, 5.74) is 1.49. The summed E-state index contributed by atoms with van der Waals surface area (Å²) in [6.45, 7) is 1.73. The van der Waals surface area contributed by atoms with Gasteiger partial charge in [-0.05, 0) is 48.7 Å². The predicted octanol–water partition coefficient (Wildman–Crippen LogP) is 4.60. The summed E-state index contributed by atoms with van der Waals surface area (Å²) in [7, 11) is 0. The van der Waals surface area contributed by atoms with Crippen LogP contribution < -0.4 is 5.32 Å². The summed E-state index contributed by atoms with van der Waals surface area (Å²) in [6, 6.07) is 8.52. The Hall–Kier alpha value is -1.82. The van der Waals surface area contributed by atoms with Gasteiger partial charge in [-0.15, -0.1) is 0 Å². The van der Waals surface area contributed by atoms with Gasteiger partial charge >= 0.3 is 6.03 Å². The maximum absolute atomic E-state index is 12.8. The third kappa shape index (κ3) is 5.08. The summed E-state index contributed by atoms with van der Waals surface area (Å²) < 4.78 is 5.68. The van der Waals surface area contributed by atoms with E-state index in [1.165, 1.54) is 0 Å². The van der Waals surface area contributed by atoms with Crippen LogP contribution in [-0.2, 0) is 11.3 Å². The Morgan fingerprint density at radius 2 is 2.08 bits per heavy atom. The van der Waals surface area contributed by atoms with Gasteiger partial charge in [0.15, 0.2) is 0 Å². The van der Waals surface area contributed by atoms with Gasteiger partial charge in [0.1, 0.15) is 0 Å². The van der Waals surface area contributed by atoms with Gasteiger partial charge in [0.05, 0.1) is 16.8 Å². The van der Waals surface area contributed by atoms with E-state index >= 15 is 0 Å². The van der Waals surface area contributed by atoms with Crippen LogP contribution >= 0.6 is 23.2 Å². The molecule has 0 spiro atoms. The van der Waals surface area contributed by atoms with E-state index in [1.807, 2.05) is 12.1 Å². The van der Waals surface area contributed by atoms with E-state index in [-0.39, 0.29) is 12.1 Å². The number of anilines is 1. The van der Waals surface area contributed by atoms with E-state index in [9.17, 15) is 4.79 Å². The molecule has 3 rings (SSSR count). The summed E-state index contributed by atoms with van der Waals surface area (Å²) in [5, 5.41) is 3.80. The van der Waals surface area contributed by atoms with E-state index in [0.717, 1.165) is 25.0 Å². The van der Waals surface area contributed by atoms with Crippen molar-refractivity contribution in [1.82, 2.24) is 9.88 Å². The molecule has 1 aromatic heterocycles. The molecule has 2 heterocycles.